The van der Waals surface area contributed by atoms with Crippen LogP contribution in [0.5, 0.6) is 0 Å². The molecule has 0 N–H and O–H groups in total. The number of benzene rings is 2. The lowest BCUT2D eigenvalue weighted by Gasteiger charge is -2.09. The van der Waals surface area contributed by atoms with E-state index >= 15 is 0 Å². The van der Waals surface area contributed by atoms with Gasteiger partial charge in [0.1, 0.15) is 5.82 Å². The van der Waals surface area contributed by atoms with Crippen molar-refractivity contribution in [2.45, 2.75) is 18.9 Å². The highest BCUT2D eigenvalue weighted by Gasteiger charge is 2.26. The summed E-state index contributed by atoms with van der Waals surface area (Å²) in [6.07, 6.45) is 0.0326. The first-order chi connectivity index (χ1) is 13.1. The number of nitriles is 1. The summed E-state index contributed by atoms with van der Waals surface area (Å²) in [5, 5.41) is 9.57. The van der Waals surface area contributed by atoms with Crippen LogP contribution in [0.3, 0.4) is 0 Å². The van der Waals surface area contributed by atoms with E-state index in [0.29, 0.717) is 16.9 Å². The predicted octanol–water partition coefficient (Wildman–Crippen LogP) is 2.75. The van der Waals surface area contributed by atoms with Crippen molar-refractivity contribution in [1.29, 1.82) is 5.26 Å². The molecule has 0 saturated carbocycles. The van der Waals surface area contributed by atoms with Crippen LogP contribution in [0.2, 0.25) is 0 Å². The first kappa shape index (κ1) is 16.8. The summed E-state index contributed by atoms with van der Waals surface area (Å²) in [4.78, 5) is 29.2. The van der Waals surface area contributed by atoms with Crippen molar-refractivity contribution < 1.29 is 9.21 Å². The van der Waals surface area contributed by atoms with Gasteiger partial charge in [0, 0.05) is 20.0 Å². The van der Waals surface area contributed by atoms with Crippen LogP contribution in [0.25, 0.3) is 22.1 Å². The van der Waals surface area contributed by atoms with Crippen molar-refractivity contribution in [3.63, 3.8) is 0 Å². The van der Waals surface area contributed by atoms with E-state index in [9.17, 15) is 14.9 Å². The van der Waals surface area contributed by atoms with Crippen LogP contribution in [-0.4, -0.2) is 19.9 Å². The number of rotatable bonds is 5. The number of Topliss-reactive ketones (excluding diaryl/α,β-unsaturated/α-hetero) is 1. The Kier molecular flexibility index (Phi) is 4.09. The Morgan fingerprint density at radius 2 is 1.89 bits per heavy atom. The summed E-state index contributed by atoms with van der Waals surface area (Å²) in [5.74, 6) is -1.38. The SMILES string of the molecule is Cn1c(C(C#N)C(=O)CCn2c(=O)oc3ccccc32)nc2ccccc21. The van der Waals surface area contributed by atoms with Crippen molar-refractivity contribution >= 4 is 27.9 Å². The fraction of sp³-hybridized carbons (Fsp3) is 0.200. The molecule has 2 aromatic carbocycles. The third-order valence-corrected chi connectivity index (χ3v) is 4.69. The van der Waals surface area contributed by atoms with Gasteiger partial charge in [-0.25, -0.2) is 9.78 Å². The number of fused-ring (bicyclic) bond motifs is 2. The van der Waals surface area contributed by atoms with Gasteiger partial charge in [0.25, 0.3) is 0 Å². The molecule has 0 spiro atoms. The molecule has 7 nitrogen and oxygen atoms in total. The molecule has 0 aliphatic rings. The zero-order chi connectivity index (χ0) is 19.0. The van der Waals surface area contributed by atoms with E-state index < -0.39 is 11.7 Å². The standard InChI is InChI=1S/C20H16N4O3/c1-23-15-7-3-2-6-14(15)22-19(23)13(12-21)17(25)10-11-24-16-8-4-5-9-18(16)27-20(24)26/h2-9,13H,10-11H2,1H3. The maximum atomic E-state index is 12.7. The molecule has 0 bridgehead atoms. The van der Waals surface area contributed by atoms with Gasteiger partial charge in [-0.15, -0.1) is 0 Å². The Morgan fingerprint density at radius 3 is 2.63 bits per heavy atom. The van der Waals surface area contributed by atoms with Crippen LogP contribution >= 0.6 is 0 Å². The maximum Gasteiger partial charge on any atom is 0.419 e. The minimum Gasteiger partial charge on any atom is -0.408 e. The number of carbonyl (C=O) groups is 1. The van der Waals surface area contributed by atoms with Gasteiger partial charge in [-0.05, 0) is 24.3 Å². The second-order valence-corrected chi connectivity index (χ2v) is 6.28. The average molecular weight is 360 g/mol. The number of aryl methyl sites for hydroxylation is 2. The predicted molar refractivity (Wildman–Crippen MR) is 99.2 cm³/mol. The Bertz CT molecular complexity index is 1260. The molecule has 4 rings (SSSR count). The van der Waals surface area contributed by atoms with Crippen LogP contribution in [-0.2, 0) is 18.4 Å². The lowest BCUT2D eigenvalue weighted by molar-refractivity contribution is -0.119. The van der Waals surface area contributed by atoms with E-state index in [-0.39, 0.29) is 18.7 Å². The van der Waals surface area contributed by atoms with E-state index in [2.05, 4.69) is 11.1 Å². The molecule has 0 saturated heterocycles. The number of aromatic nitrogens is 3. The number of hydrogen-bond donors (Lipinski definition) is 0. The monoisotopic (exact) mass is 360 g/mol. The number of ketones is 1. The smallest absolute Gasteiger partial charge is 0.408 e. The van der Waals surface area contributed by atoms with E-state index in [4.69, 9.17) is 4.42 Å². The second-order valence-electron chi connectivity index (χ2n) is 6.28. The Labute approximate surface area is 154 Å². The van der Waals surface area contributed by atoms with E-state index in [1.807, 2.05) is 24.3 Å². The van der Waals surface area contributed by atoms with Gasteiger partial charge in [0.15, 0.2) is 17.3 Å². The average Bonchev–Trinajstić information content (AvgIpc) is 3.18. The number of imidazole rings is 1. The summed E-state index contributed by atoms with van der Waals surface area (Å²) in [5.41, 5.74) is 2.70. The van der Waals surface area contributed by atoms with Gasteiger partial charge in [-0.2, -0.15) is 5.26 Å². The number of carbonyl (C=O) groups excluding carboxylic acids is 1. The first-order valence-electron chi connectivity index (χ1n) is 8.52. The highest BCUT2D eigenvalue weighted by Crippen LogP contribution is 2.22. The van der Waals surface area contributed by atoms with Crippen molar-refractivity contribution in [1.82, 2.24) is 14.1 Å². The summed E-state index contributed by atoms with van der Waals surface area (Å²) in [7, 11) is 1.79. The summed E-state index contributed by atoms with van der Waals surface area (Å²) in [6.45, 7) is 0.150. The normalized spacial score (nSPS) is 12.3. The number of para-hydroxylation sites is 4. The molecule has 0 fully saturated rings. The molecule has 0 amide bonds. The fourth-order valence-electron chi connectivity index (χ4n) is 3.29. The van der Waals surface area contributed by atoms with Gasteiger partial charge in [-0.1, -0.05) is 24.3 Å². The van der Waals surface area contributed by atoms with Crippen molar-refractivity contribution in [3.8, 4) is 6.07 Å². The van der Waals surface area contributed by atoms with Gasteiger partial charge < -0.3 is 8.98 Å². The van der Waals surface area contributed by atoms with E-state index in [1.54, 1.807) is 35.9 Å². The topological polar surface area (TPSA) is 93.8 Å². The molecule has 0 radical (unpaired) electrons. The fourth-order valence-corrected chi connectivity index (χ4v) is 3.29. The van der Waals surface area contributed by atoms with Gasteiger partial charge in [0.05, 0.1) is 22.6 Å². The molecule has 2 heterocycles. The largest absolute Gasteiger partial charge is 0.419 e. The molecule has 0 aliphatic heterocycles. The number of oxazole rings is 1. The minimum absolute atomic E-state index is 0.0326. The van der Waals surface area contributed by atoms with Crippen LogP contribution in [0.15, 0.2) is 57.7 Å². The van der Waals surface area contributed by atoms with Gasteiger partial charge in [0.2, 0.25) is 0 Å². The number of nitrogens with zero attached hydrogens (tertiary/aromatic N) is 4. The van der Waals surface area contributed by atoms with Crippen LogP contribution in [0.4, 0.5) is 0 Å². The zero-order valence-corrected chi connectivity index (χ0v) is 14.6. The van der Waals surface area contributed by atoms with Crippen LogP contribution in [0, 0.1) is 11.3 Å². The lowest BCUT2D eigenvalue weighted by atomic mass is 10.0. The summed E-state index contributed by atoms with van der Waals surface area (Å²) >= 11 is 0. The third kappa shape index (κ3) is 2.81. The Hall–Kier alpha value is -3.66. The Morgan fingerprint density at radius 1 is 1.19 bits per heavy atom. The summed E-state index contributed by atoms with van der Waals surface area (Å²) < 4.78 is 8.35. The molecule has 27 heavy (non-hydrogen) atoms. The van der Waals surface area contributed by atoms with Crippen molar-refractivity contribution in [2.24, 2.45) is 7.05 Å². The zero-order valence-electron chi connectivity index (χ0n) is 14.6. The van der Waals surface area contributed by atoms with Gasteiger partial charge in [-0.3, -0.25) is 9.36 Å². The highest BCUT2D eigenvalue weighted by molar-refractivity contribution is 5.89. The molecule has 134 valence electrons. The van der Waals surface area contributed by atoms with Gasteiger partial charge >= 0.3 is 5.76 Å². The first-order valence-corrected chi connectivity index (χ1v) is 8.52. The van der Waals surface area contributed by atoms with Crippen LogP contribution < -0.4 is 5.76 Å². The molecule has 7 heteroatoms. The molecule has 1 unspecified atom stereocenters. The maximum absolute atomic E-state index is 12.7. The Balaban J connectivity index is 1.61. The minimum atomic E-state index is -0.990. The lowest BCUT2D eigenvalue weighted by Crippen LogP contribution is -2.20. The number of hydrogen-bond acceptors (Lipinski definition) is 5. The molecule has 2 aromatic heterocycles. The van der Waals surface area contributed by atoms with Crippen molar-refractivity contribution in [2.75, 3.05) is 0 Å². The third-order valence-electron chi connectivity index (χ3n) is 4.69. The van der Waals surface area contributed by atoms with Crippen LogP contribution in [0.1, 0.15) is 18.2 Å². The molecule has 1 atom stereocenters. The second kappa shape index (κ2) is 6.57. The van der Waals surface area contributed by atoms with E-state index in [1.165, 1.54) is 4.57 Å². The van der Waals surface area contributed by atoms with E-state index in [0.717, 1.165) is 11.0 Å². The van der Waals surface area contributed by atoms with Crippen molar-refractivity contribution in [3.05, 3.63) is 64.9 Å². The molecule has 0 aliphatic carbocycles. The summed E-state index contributed by atoms with van der Waals surface area (Å²) in [6, 6.07) is 16.6. The molecular weight excluding hydrogens is 344 g/mol. The molecular formula is C20H16N4O3. The highest BCUT2D eigenvalue weighted by atomic mass is 16.4. The quantitative estimate of drug-likeness (QED) is 0.545. The molecule has 4 aromatic rings.